The van der Waals surface area contributed by atoms with Crippen LogP contribution in [0.25, 0.3) is 10.2 Å². The Bertz CT molecular complexity index is 1090. The van der Waals surface area contributed by atoms with Crippen molar-refractivity contribution in [2.45, 2.75) is 6.54 Å². The molecule has 4 rings (SSSR count). The number of anilines is 1. The van der Waals surface area contributed by atoms with Crippen LogP contribution in [0.2, 0.25) is 0 Å². The van der Waals surface area contributed by atoms with Gasteiger partial charge in [0, 0.05) is 30.4 Å². The molecule has 0 aliphatic rings. The molecule has 6 heteroatoms. The summed E-state index contributed by atoms with van der Waals surface area (Å²) in [7, 11) is 3.17. The quantitative estimate of drug-likeness (QED) is 0.501. The first-order valence-corrected chi connectivity index (χ1v) is 9.71. The van der Waals surface area contributed by atoms with Crippen molar-refractivity contribution in [3.05, 3.63) is 77.3 Å². The smallest absolute Gasteiger partial charge is 0.272 e. The van der Waals surface area contributed by atoms with E-state index in [9.17, 15) is 4.79 Å². The molecule has 0 radical (unpaired) electrons. The lowest BCUT2D eigenvalue weighted by Crippen LogP contribution is -2.17. The molecule has 0 bridgehead atoms. The largest absolute Gasteiger partial charge is 0.497 e. The number of fused-ring (bicyclic) bond motifs is 1. The minimum Gasteiger partial charge on any atom is -0.497 e. The summed E-state index contributed by atoms with van der Waals surface area (Å²) in [5.74, 6) is 1.07. The van der Waals surface area contributed by atoms with Crippen LogP contribution in [0, 0.1) is 0 Å². The first-order chi connectivity index (χ1) is 13.7. The number of methoxy groups -OCH3 is 2. The molecule has 5 nitrogen and oxygen atoms in total. The van der Waals surface area contributed by atoms with Crippen LogP contribution in [-0.2, 0) is 6.54 Å². The zero-order chi connectivity index (χ0) is 19.5. The fourth-order valence-corrected chi connectivity index (χ4v) is 4.00. The molecule has 142 valence electrons. The fourth-order valence-electron chi connectivity index (χ4n) is 3.18. The molecular weight excluding hydrogens is 372 g/mol. The second kappa shape index (κ2) is 7.78. The van der Waals surface area contributed by atoms with Crippen molar-refractivity contribution in [1.82, 2.24) is 4.57 Å². The van der Waals surface area contributed by atoms with Crippen LogP contribution in [-0.4, -0.2) is 24.7 Å². The molecule has 1 amide bonds. The summed E-state index contributed by atoms with van der Waals surface area (Å²) in [4.78, 5) is 13.1. The topological polar surface area (TPSA) is 52.5 Å². The average Bonchev–Trinajstić information content (AvgIpc) is 3.31. The Hall–Kier alpha value is -3.25. The van der Waals surface area contributed by atoms with Crippen molar-refractivity contribution in [2.24, 2.45) is 0 Å². The minimum atomic E-state index is -0.172. The SMILES string of the molecule is COc1cc(NC(=O)c2cc3sccc3n2Cc2ccccc2)cc(OC)c1. The van der Waals surface area contributed by atoms with E-state index in [0.29, 0.717) is 29.4 Å². The first kappa shape index (κ1) is 18.1. The third-order valence-corrected chi connectivity index (χ3v) is 5.40. The lowest BCUT2D eigenvalue weighted by atomic mass is 10.2. The summed E-state index contributed by atoms with van der Waals surface area (Å²) in [6, 6.07) is 19.4. The van der Waals surface area contributed by atoms with Crippen LogP contribution >= 0.6 is 11.3 Å². The number of hydrogen-bond donors (Lipinski definition) is 1. The Morgan fingerprint density at radius 2 is 1.71 bits per heavy atom. The van der Waals surface area contributed by atoms with E-state index in [4.69, 9.17) is 9.47 Å². The lowest BCUT2D eigenvalue weighted by Gasteiger charge is -2.12. The molecule has 2 aromatic heterocycles. The van der Waals surface area contributed by atoms with Crippen LogP contribution in [0.1, 0.15) is 16.1 Å². The molecular formula is C22H20N2O3S. The molecule has 1 N–H and O–H groups in total. The molecule has 28 heavy (non-hydrogen) atoms. The van der Waals surface area contributed by atoms with Crippen LogP contribution in [0.4, 0.5) is 5.69 Å². The van der Waals surface area contributed by atoms with E-state index < -0.39 is 0 Å². The first-order valence-electron chi connectivity index (χ1n) is 8.83. The molecule has 0 atom stereocenters. The second-order valence-electron chi connectivity index (χ2n) is 6.33. The van der Waals surface area contributed by atoms with E-state index in [1.165, 1.54) is 0 Å². The third-order valence-electron chi connectivity index (χ3n) is 4.55. The van der Waals surface area contributed by atoms with Crippen molar-refractivity contribution in [3.63, 3.8) is 0 Å². The highest BCUT2D eigenvalue weighted by Gasteiger charge is 2.17. The fraction of sp³-hybridized carbons (Fsp3) is 0.136. The highest BCUT2D eigenvalue weighted by Crippen LogP contribution is 2.29. The van der Waals surface area contributed by atoms with Gasteiger partial charge in [-0.25, -0.2) is 0 Å². The Morgan fingerprint density at radius 3 is 2.39 bits per heavy atom. The predicted molar refractivity (Wildman–Crippen MR) is 113 cm³/mol. The van der Waals surface area contributed by atoms with Crippen molar-refractivity contribution in [2.75, 3.05) is 19.5 Å². The van der Waals surface area contributed by atoms with E-state index in [2.05, 4.69) is 17.4 Å². The Kier molecular flexibility index (Phi) is 5.04. The molecule has 0 saturated heterocycles. The molecule has 0 unspecified atom stereocenters. The zero-order valence-electron chi connectivity index (χ0n) is 15.6. The Balaban J connectivity index is 1.68. The van der Waals surface area contributed by atoms with E-state index in [1.807, 2.05) is 40.3 Å². The number of carbonyl (C=O) groups excluding carboxylic acids is 1. The van der Waals surface area contributed by atoms with Crippen LogP contribution in [0.3, 0.4) is 0 Å². The van der Waals surface area contributed by atoms with Gasteiger partial charge in [-0.15, -0.1) is 11.3 Å². The number of carbonyl (C=O) groups is 1. The van der Waals surface area contributed by atoms with Gasteiger partial charge in [-0.05, 0) is 23.1 Å². The summed E-state index contributed by atoms with van der Waals surface area (Å²) in [5.41, 5.74) is 3.44. The number of ether oxygens (including phenoxy) is 2. The van der Waals surface area contributed by atoms with Crippen LogP contribution in [0.15, 0.2) is 66.0 Å². The van der Waals surface area contributed by atoms with Gasteiger partial charge in [-0.1, -0.05) is 30.3 Å². The van der Waals surface area contributed by atoms with Crippen molar-refractivity contribution < 1.29 is 14.3 Å². The van der Waals surface area contributed by atoms with Gasteiger partial charge < -0.3 is 19.4 Å². The van der Waals surface area contributed by atoms with E-state index >= 15 is 0 Å². The molecule has 2 aromatic carbocycles. The molecule has 0 aliphatic carbocycles. The van der Waals surface area contributed by atoms with Crippen molar-refractivity contribution in [3.8, 4) is 11.5 Å². The molecule has 0 aliphatic heterocycles. The van der Waals surface area contributed by atoms with Crippen LogP contribution in [0.5, 0.6) is 11.5 Å². The lowest BCUT2D eigenvalue weighted by molar-refractivity contribution is 0.101. The minimum absolute atomic E-state index is 0.172. The number of benzene rings is 2. The molecule has 4 aromatic rings. The van der Waals surface area contributed by atoms with Gasteiger partial charge >= 0.3 is 0 Å². The number of aromatic nitrogens is 1. The second-order valence-corrected chi connectivity index (χ2v) is 7.27. The maximum atomic E-state index is 13.1. The number of nitrogens with one attached hydrogen (secondary N) is 1. The Labute approximate surface area is 167 Å². The summed E-state index contributed by atoms with van der Waals surface area (Å²) >= 11 is 1.63. The number of rotatable bonds is 6. The van der Waals surface area contributed by atoms with Gasteiger partial charge in [0.25, 0.3) is 5.91 Å². The van der Waals surface area contributed by atoms with E-state index in [1.54, 1.807) is 43.8 Å². The van der Waals surface area contributed by atoms with E-state index in [-0.39, 0.29) is 5.91 Å². The van der Waals surface area contributed by atoms with Gasteiger partial charge in [-0.3, -0.25) is 4.79 Å². The number of thiophene rings is 1. The molecule has 0 spiro atoms. The highest BCUT2D eigenvalue weighted by atomic mass is 32.1. The summed E-state index contributed by atoms with van der Waals surface area (Å²) in [5, 5.41) is 5.01. The van der Waals surface area contributed by atoms with Gasteiger partial charge in [0.05, 0.1) is 24.4 Å². The summed E-state index contributed by atoms with van der Waals surface area (Å²) in [6.07, 6.45) is 0. The molecule has 2 heterocycles. The number of amides is 1. The standard InChI is InChI=1S/C22H20N2O3S/c1-26-17-10-16(11-18(12-17)27-2)23-22(25)20-13-21-19(8-9-28-21)24(20)14-15-6-4-3-5-7-15/h3-13H,14H2,1-2H3,(H,23,25). The van der Waals surface area contributed by atoms with Gasteiger partial charge in [0.2, 0.25) is 0 Å². The van der Waals surface area contributed by atoms with Gasteiger partial charge in [-0.2, -0.15) is 0 Å². The summed E-state index contributed by atoms with van der Waals surface area (Å²) < 4.78 is 13.7. The number of nitrogens with zero attached hydrogens (tertiary/aromatic N) is 1. The zero-order valence-corrected chi connectivity index (χ0v) is 16.5. The molecule has 0 fully saturated rings. The molecule has 0 saturated carbocycles. The number of hydrogen-bond acceptors (Lipinski definition) is 4. The van der Waals surface area contributed by atoms with Crippen LogP contribution < -0.4 is 14.8 Å². The van der Waals surface area contributed by atoms with Crippen molar-refractivity contribution in [1.29, 1.82) is 0 Å². The average molecular weight is 392 g/mol. The normalized spacial score (nSPS) is 10.8. The van der Waals surface area contributed by atoms with Crippen molar-refractivity contribution >= 4 is 33.1 Å². The maximum absolute atomic E-state index is 13.1. The third kappa shape index (κ3) is 3.59. The van der Waals surface area contributed by atoms with Gasteiger partial charge in [0.15, 0.2) is 0 Å². The summed E-state index contributed by atoms with van der Waals surface area (Å²) in [6.45, 7) is 0.630. The van der Waals surface area contributed by atoms with Gasteiger partial charge in [0.1, 0.15) is 17.2 Å². The maximum Gasteiger partial charge on any atom is 0.272 e. The monoisotopic (exact) mass is 392 g/mol. The predicted octanol–water partition coefficient (Wildman–Crippen LogP) is 5.02. The Morgan fingerprint density at radius 1 is 1.00 bits per heavy atom. The van der Waals surface area contributed by atoms with E-state index in [0.717, 1.165) is 15.8 Å². The highest BCUT2D eigenvalue weighted by molar-refractivity contribution is 7.17.